The lowest BCUT2D eigenvalue weighted by Gasteiger charge is -2.03. The Morgan fingerprint density at radius 1 is 1.50 bits per heavy atom. The maximum Gasteiger partial charge on any atom is 0.0777 e. The summed E-state index contributed by atoms with van der Waals surface area (Å²) in [6.07, 6.45) is 0. The molecule has 0 aromatic carbocycles. The van der Waals surface area contributed by atoms with Crippen LogP contribution in [0.5, 0.6) is 0 Å². The normalized spacial score (nSPS) is 9.75. The molecule has 52 valence electrons. The second-order valence-corrected chi connectivity index (χ2v) is 1.48. The number of nitrogens with two attached hydrogens (primary N) is 1. The van der Waals surface area contributed by atoms with Crippen LogP contribution >= 0.6 is 0 Å². The molecule has 0 fully saturated rings. The first kappa shape index (κ1) is 10.9. The van der Waals surface area contributed by atoms with E-state index in [4.69, 9.17) is 18.6 Å². The number of rotatable bonds is 0. The van der Waals surface area contributed by atoms with Crippen molar-refractivity contribution in [3.8, 4) is 0 Å². The Hall–Kier alpha value is 0.0500. The van der Waals surface area contributed by atoms with E-state index in [1.165, 1.54) is 0 Å². The second kappa shape index (κ2) is 5.19. The fourth-order valence-electron chi connectivity index (χ4n) is 0. The van der Waals surface area contributed by atoms with Crippen LogP contribution in [0.25, 0.3) is 0 Å². The molecule has 0 rings (SSSR count). The Bertz CT molecular complexity index is 37.8. The van der Waals surface area contributed by atoms with E-state index in [0.717, 1.165) is 0 Å². The fourth-order valence-corrected chi connectivity index (χ4v) is 0. The molecule has 0 aromatic heterocycles. The Morgan fingerprint density at radius 2 is 1.50 bits per heavy atom. The zero-order valence-corrected chi connectivity index (χ0v) is 4.88. The van der Waals surface area contributed by atoms with Crippen LogP contribution in [-0.4, -0.2) is 11.7 Å². The molecule has 0 aromatic rings. The molecule has 0 amide bonds. The maximum atomic E-state index is 8.60. The molecule has 0 unspecified atom stereocenters. The molecule has 0 radical (unpaired) electrons. The zero-order chi connectivity index (χ0) is 7.21. The average molecular weight is 147 g/mol. The molecule has 0 saturated carbocycles. The number of hydrazine groups is 1. The highest BCUT2D eigenvalue weighted by Crippen LogP contribution is 1.60. The van der Waals surface area contributed by atoms with Gasteiger partial charge in [0.2, 0.25) is 0 Å². The summed E-state index contributed by atoms with van der Waals surface area (Å²) >= 11 is 0. The average Bonchev–Trinajstić information content (AvgIpc) is 1.27. The molecule has 0 aliphatic rings. The highest BCUT2D eigenvalue weighted by Gasteiger charge is 1.98. The minimum atomic E-state index is -4.69. The summed E-state index contributed by atoms with van der Waals surface area (Å²) in [5, 5.41) is 0. The SMILES string of the molecule is CNN.[O-][Cl+3]([O-])([O-])O. The highest BCUT2D eigenvalue weighted by molar-refractivity contribution is 3.79. The Kier molecular flexibility index (Phi) is 7.09. The van der Waals surface area contributed by atoms with Gasteiger partial charge in [-0.2, -0.15) is 14.0 Å². The molecule has 7 heteroatoms. The van der Waals surface area contributed by atoms with Crippen molar-refractivity contribution in [1.82, 2.24) is 5.43 Å². The predicted octanol–water partition coefficient (Wildman–Crippen LogP) is -5.04. The molecule has 0 aliphatic carbocycles. The van der Waals surface area contributed by atoms with Gasteiger partial charge < -0.3 is 0 Å². The fraction of sp³-hybridized carbons (Fsp3) is 1.00. The molecule has 0 saturated heterocycles. The quantitative estimate of drug-likeness (QED) is 0.232. The minimum Gasteiger partial charge on any atom is -0.272 e. The van der Waals surface area contributed by atoms with Crippen molar-refractivity contribution in [2.24, 2.45) is 5.84 Å². The maximum absolute atomic E-state index is 8.60. The first-order valence-corrected chi connectivity index (χ1v) is 2.68. The Morgan fingerprint density at radius 3 is 1.50 bits per heavy atom. The lowest BCUT2D eigenvalue weighted by molar-refractivity contribution is -1.92. The molecule has 0 atom stereocenters. The van der Waals surface area contributed by atoms with Gasteiger partial charge in [0.25, 0.3) is 0 Å². The molecule has 0 spiro atoms. The summed E-state index contributed by atoms with van der Waals surface area (Å²) in [6.45, 7) is 0. The molecular weight excluding hydrogens is 139 g/mol. The van der Waals surface area contributed by atoms with E-state index in [9.17, 15) is 0 Å². The number of hydrogen-bond donors (Lipinski definition) is 3. The third-order valence-corrected chi connectivity index (χ3v) is 0. The molecule has 0 aliphatic heterocycles. The van der Waals surface area contributed by atoms with Gasteiger partial charge in [0.05, 0.1) is 14.9 Å². The number of hydrogen-bond acceptors (Lipinski definition) is 6. The van der Waals surface area contributed by atoms with Crippen molar-refractivity contribution in [3.05, 3.63) is 0 Å². The van der Waals surface area contributed by atoms with E-state index in [2.05, 4.69) is 11.3 Å². The first-order chi connectivity index (χ1) is 3.41. The van der Waals surface area contributed by atoms with Crippen LogP contribution in [0.3, 0.4) is 0 Å². The van der Waals surface area contributed by atoms with Gasteiger partial charge in [-0.05, 0) is 7.05 Å². The third-order valence-electron chi connectivity index (χ3n) is 0. The van der Waals surface area contributed by atoms with Crippen LogP contribution < -0.4 is 25.2 Å². The van der Waals surface area contributed by atoms with E-state index in [0.29, 0.717) is 0 Å². The van der Waals surface area contributed by atoms with Gasteiger partial charge >= 0.3 is 0 Å². The van der Waals surface area contributed by atoms with Crippen LogP contribution in [-0.2, 0) is 0 Å². The monoisotopic (exact) mass is 146 g/mol. The molecular formula is CH7ClN2O4. The summed E-state index contributed by atoms with van der Waals surface area (Å²) in [4.78, 5) is 0. The third kappa shape index (κ3) is 61700. The summed E-state index contributed by atoms with van der Waals surface area (Å²) in [5.74, 6) is 4.60. The van der Waals surface area contributed by atoms with E-state index in [1.54, 1.807) is 7.05 Å². The molecule has 0 heterocycles. The Balaban J connectivity index is 0. The first-order valence-electron chi connectivity index (χ1n) is 1.42. The summed E-state index contributed by atoms with van der Waals surface area (Å²) in [7, 11) is -3.04. The van der Waals surface area contributed by atoms with Gasteiger partial charge in [-0.25, -0.2) is 0 Å². The zero-order valence-electron chi connectivity index (χ0n) is 4.13. The van der Waals surface area contributed by atoms with Gasteiger partial charge in [-0.1, -0.05) is 0 Å². The van der Waals surface area contributed by atoms with Gasteiger partial charge in [-0.15, -0.1) is 0 Å². The summed E-state index contributed by atoms with van der Waals surface area (Å²) in [5.41, 5.74) is 2.25. The topological polar surface area (TPSA) is 127 Å². The smallest absolute Gasteiger partial charge is 0.0777 e. The van der Waals surface area contributed by atoms with Crippen molar-refractivity contribution >= 4 is 0 Å². The van der Waals surface area contributed by atoms with Gasteiger partial charge in [0, 0.05) is 0 Å². The lowest BCUT2D eigenvalue weighted by atomic mass is 11.5. The van der Waals surface area contributed by atoms with E-state index in [1.807, 2.05) is 0 Å². The molecule has 6 nitrogen and oxygen atoms in total. The van der Waals surface area contributed by atoms with Crippen molar-refractivity contribution in [2.75, 3.05) is 7.05 Å². The predicted molar refractivity (Wildman–Crippen MR) is 15.5 cm³/mol. The number of halogens is 1. The standard InChI is InChI=1S/CH6N2.ClHO4/c1-3-2;2-1(3,4)5/h3H,2H2,1H3;(H,2,3,4,5). The van der Waals surface area contributed by atoms with Gasteiger partial charge in [-0.3, -0.25) is 11.3 Å². The molecule has 8 heavy (non-hydrogen) atoms. The van der Waals surface area contributed by atoms with Crippen LogP contribution in [0, 0.1) is 10.2 Å². The molecule has 4 N–H and O–H groups in total. The van der Waals surface area contributed by atoms with E-state index >= 15 is 0 Å². The highest BCUT2D eigenvalue weighted by atomic mass is 35.7. The van der Waals surface area contributed by atoms with Crippen molar-refractivity contribution in [1.29, 1.82) is 0 Å². The summed E-state index contributed by atoms with van der Waals surface area (Å²) < 4.78 is 32.7. The minimum absolute atomic E-state index is 1.65. The van der Waals surface area contributed by atoms with E-state index < -0.39 is 10.2 Å². The van der Waals surface area contributed by atoms with Crippen LogP contribution in [0.4, 0.5) is 0 Å². The van der Waals surface area contributed by atoms with Crippen molar-refractivity contribution in [3.63, 3.8) is 0 Å². The largest absolute Gasteiger partial charge is 0.272 e. The van der Waals surface area contributed by atoms with Crippen molar-refractivity contribution in [2.45, 2.75) is 0 Å². The Labute approximate surface area is 48.2 Å². The van der Waals surface area contributed by atoms with Crippen LogP contribution in [0.2, 0.25) is 0 Å². The van der Waals surface area contributed by atoms with Crippen LogP contribution in [0.15, 0.2) is 0 Å². The van der Waals surface area contributed by atoms with Gasteiger partial charge in [0.15, 0.2) is 0 Å². The lowest BCUT2D eigenvalue weighted by Crippen LogP contribution is -2.58. The second-order valence-electron chi connectivity index (χ2n) is 0.685. The van der Waals surface area contributed by atoms with Gasteiger partial charge in [0.1, 0.15) is 0 Å². The molecule has 0 bridgehead atoms. The summed E-state index contributed by atoms with van der Waals surface area (Å²) in [6, 6.07) is 0. The van der Waals surface area contributed by atoms with E-state index in [-0.39, 0.29) is 0 Å². The van der Waals surface area contributed by atoms with Crippen molar-refractivity contribution < 1.29 is 28.9 Å². The number of nitrogens with one attached hydrogen (secondary N) is 1. The van der Waals surface area contributed by atoms with Crippen LogP contribution in [0.1, 0.15) is 0 Å².